The molecule has 3 aliphatic rings. The first-order valence-corrected chi connectivity index (χ1v) is 10.5. The number of esters is 1. The Labute approximate surface area is 173 Å². The van der Waals surface area contributed by atoms with Crippen molar-refractivity contribution in [2.24, 2.45) is 23.2 Å². The van der Waals surface area contributed by atoms with Crippen molar-refractivity contribution in [1.29, 1.82) is 0 Å². The maximum atomic E-state index is 13.5. The molecule has 0 spiro atoms. The number of ketones is 1. The number of hydrogen-bond donors (Lipinski definition) is 0. The third kappa shape index (κ3) is 4.20. The van der Waals surface area contributed by atoms with Gasteiger partial charge >= 0.3 is 12.1 Å². The number of nitrogens with zero attached hydrogens (tertiary/aromatic N) is 2. The topological polar surface area (TPSA) is 76.2 Å². The Balaban J connectivity index is 1.82. The van der Waals surface area contributed by atoms with E-state index in [0.29, 0.717) is 13.0 Å². The van der Waals surface area contributed by atoms with Gasteiger partial charge in [0.2, 0.25) is 0 Å². The van der Waals surface area contributed by atoms with Crippen molar-refractivity contribution in [2.45, 2.75) is 52.2 Å². The van der Waals surface area contributed by atoms with Crippen LogP contribution in [-0.2, 0) is 19.1 Å². The molecule has 2 saturated heterocycles. The third-order valence-corrected chi connectivity index (χ3v) is 6.39. The first-order chi connectivity index (χ1) is 13.5. The van der Waals surface area contributed by atoms with Gasteiger partial charge in [0.15, 0.2) is 5.78 Å². The Morgan fingerprint density at radius 2 is 1.90 bits per heavy atom. The average molecular weight is 407 g/mol. The molecule has 0 bridgehead atoms. The summed E-state index contributed by atoms with van der Waals surface area (Å²) >= 11 is 0. The summed E-state index contributed by atoms with van der Waals surface area (Å²) in [5, 5.41) is 0. The molecule has 0 aromatic heterocycles. The summed E-state index contributed by atoms with van der Waals surface area (Å²) in [4.78, 5) is 42.7. The van der Waals surface area contributed by atoms with Gasteiger partial charge in [-0.1, -0.05) is 6.08 Å². The van der Waals surface area contributed by atoms with Gasteiger partial charge in [0, 0.05) is 32.0 Å². The van der Waals surface area contributed by atoms with E-state index >= 15 is 0 Å². The van der Waals surface area contributed by atoms with E-state index in [9.17, 15) is 14.4 Å². The average Bonchev–Trinajstić information content (AvgIpc) is 3.03. The summed E-state index contributed by atoms with van der Waals surface area (Å²) < 4.78 is 10.8. The molecule has 2 aliphatic heterocycles. The van der Waals surface area contributed by atoms with Crippen LogP contribution in [0, 0.1) is 23.2 Å². The standard InChI is InChI=1S/C22H34N2O5/c1-7-15-9-22(15,19(26)28-8-2)10-17(25)18-16-13-23(6)11-14(16)12-24(18)20(27)29-21(3,4)5/h7,14-16,18H,1,8-13H2,2-6H3/t14-,15?,16-,18-,22+/m0/s1. The second kappa shape index (κ2) is 7.74. The van der Waals surface area contributed by atoms with Crippen molar-refractivity contribution in [3.63, 3.8) is 0 Å². The fourth-order valence-corrected chi connectivity index (χ4v) is 5.03. The molecule has 7 heteroatoms. The molecular weight excluding hydrogens is 372 g/mol. The number of allylic oxidation sites excluding steroid dienone is 1. The molecule has 1 saturated carbocycles. The van der Waals surface area contributed by atoms with Gasteiger partial charge in [0.1, 0.15) is 5.60 Å². The summed E-state index contributed by atoms with van der Waals surface area (Å²) in [5.74, 6) is -0.144. The van der Waals surface area contributed by atoms with Gasteiger partial charge in [0.05, 0.1) is 18.1 Å². The van der Waals surface area contributed by atoms with Crippen LogP contribution in [0.5, 0.6) is 0 Å². The molecule has 3 fully saturated rings. The second-order valence-electron chi connectivity index (χ2n) is 9.79. The molecule has 29 heavy (non-hydrogen) atoms. The molecule has 5 atom stereocenters. The normalized spacial score (nSPS) is 33.9. The SMILES string of the molecule is C=CC1C[C@]1(CC(=O)[C@@H]1[C@H]2CN(C)C[C@H]2CN1C(=O)OC(C)(C)C)C(=O)OCC. The quantitative estimate of drug-likeness (QED) is 0.498. The maximum absolute atomic E-state index is 13.5. The van der Waals surface area contributed by atoms with Crippen LogP contribution in [0.15, 0.2) is 12.7 Å². The largest absolute Gasteiger partial charge is 0.466 e. The van der Waals surface area contributed by atoms with Crippen molar-refractivity contribution in [1.82, 2.24) is 9.80 Å². The van der Waals surface area contributed by atoms with Gasteiger partial charge < -0.3 is 14.4 Å². The lowest BCUT2D eigenvalue weighted by Crippen LogP contribution is -2.47. The molecule has 1 aliphatic carbocycles. The monoisotopic (exact) mass is 406 g/mol. The summed E-state index contributed by atoms with van der Waals surface area (Å²) in [6, 6.07) is -0.558. The number of hydrogen-bond acceptors (Lipinski definition) is 6. The number of rotatable bonds is 6. The van der Waals surface area contributed by atoms with E-state index in [1.54, 1.807) is 17.9 Å². The van der Waals surface area contributed by atoms with Crippen LogP contribution in [-0.4, -0.2) is 72.6 Å². The molecule has 7 nitrogen and oxygen atoms in total. The van der Waals surface area contributed by atoms with Gasteiger partial charge in [-0.25, -0.2) is 4.79 Å². The highest BCUT2D eigenvalue weighted by atomic mass is 16.6. The van der Waals surface area contributed by atoms with E-state index in [0.717, 1.165) is 13.1 Å². The molecule has 1 unspecified atom stereocenters. The third-order valence-electron chi connectivity index (χ3n) is 6.39. The van der Waals surface area contributed by atoms with E-state index in [4.69, 9.17) is 9.47 Å². The summed E-state index contributed by atoms with van der Waals surface area (Å²) in [5.41, 5.74) is -1.45. The molecule has 0 N–H and O–H groups in total. The zero-order valence-electron chi connectivity index (χ0n) is 18.3. The van der Waals surface area contributed by atoms with Crippen LogP contribution >= 0.6 is 0 Å². The van der Waals surface area contributed by atoms with Crippen molar-refractivity contribution in [2.75, 3.05) is 33.3 Å². The minimum Gasteiger partial charge on any atom is -0.466 e. The van der Waals surface area contributed by atoms with E-state index in [-0.39, 0.29) is 42.5 Å². The molecule has 162 valence electrons. The van der Waals surface area contributed by atoms with E-state index in [1.807, 2.05) is 27.8 Å². The summed E-state index contributed by atoms with van der Waals surface area (Å²) in [6.07, 6.45) is 1.94. The van der Waals surface area contributed by atoms with Crippen molar-refractivity contribution in [3.05, 3.63) is 12.7 Å². The number of likely N-dealkylation sites (tertiary alicyclic amines) is 2. The zero-order valence-corrected chi connectivity index (χ0v) is 18.3. The van der Waals surface area contributed by atoms with Crippen molar-refractivity contribution >= 4 is 17.8 Å². The Hall–Kier alpha value is -1.89. The Kier molecular flexibility index (Phi) is 5.82. The molecule has 0 aromatic rings. The predicted octanol–water partition coefficient (Wildman–Crippen LogP) is 2.50. The first kappa shape index (κ1) is 21.8. The molecule has 3 rings (SSSR count). The number of carbonyl (C=O) groups excluding carboxylic acids is 3. The first-order valence-electron chi connectivity index (χ1n) is 10.5. The van der Waals surface area contributed by atoms with Crippen LogP contribution in [0.25, 0.3) is 0 Å². The number of fused-ring (bicyclic) bond motifs is 1. The van der Waals surface area contributed by atoms with Gasteiger partial charge in [0.25, 0.3) is 0 Å². The molecular formula is C22H34N2O5. The fourth-order valence-electron chi connectivity index (χ4n) is 5.03. The van der Waals surface area contributed by atoms with Crippen LogP contribution in [0.4, 0.5) is 4.79 Å². The van der Waals surface area contributed by atoms with Gasteiger partial charge in [-0.3, -0.25) is 14.5 Å². The lowest BCUT2D eigenvalue weighted by atomic mass is 9.86. The van der Waals surface area contributed by atoms with Crippen molar-refractivity contribution < 1.29 is 23.9 Å². The summed E-state index contributed by atoms with van der Waals surface area (Å²) in [7, 11) is 2.03. The summed E-state index contributed by atoms with van der Waals surface area (Å²) in [6.45, 7) is 13.4. The second-order valence-corrected chi connectivity index (χ2v) is 9.79. The number of amides is 1. The van der Waals surface area contributed by atoms with Crippen LogP contribution in [0.3, 0.4) is 0 Å². The minimum absolute atomic E-state index is 0.0519. The fraction of sp³-hybridized carbons (Fsp3) is 0.773. The number of carbonyl (C=O) groups is 3. The zero-order chi connectivity index (χ0) is 21.6. The van der Waals surface area contributed by atoms with Crippen LogP contribution in [0.1, 0.15) is 40.5 Å². The predicted molar refractivity (Wildman–Crippen MR) is 108 cm³/mol. The lowest BCUT2D eigenvalue weighted by Gasteiger charge is -2.31. The maximum Gasteiger partial charge on any atom is 0.410 e. The highest BCUT2D eigenvalue weighted by Crippen LogP contribution is 2.57. The van der Waals surface area contributed by atoms with Crippen molar-refractivity contribution in [3.8, 4) is 0 Å². The highest BCUT2D eigenvalue weighted by molar-refractivity contribution is 5.94. The highest BCUT2D eigenvalue weighted by Gasteiger charge is 2.62. The number of ether oxygens (including phenoxy) is 2. The van der Waals surface area contributed by atoms with Crippen LogP contribution < -0.4 is 0 Å². The lowest BCUT2D eigenvalue weighted by molar-refractivity contribution is -0.152. The van der Waals surface area contributed by atoms with Gasteiger partial charge in [-0.15, -0.1) is 6.58 Å². The Bertz CT molecular complexity index is 700. The Morgan fingerprint density at radius 1 is 1.21 bits per heavy atom. The minimum atomic E-state index is -0.822. The van der Waals surface area contributed by atoms with Gasteiger partial charge in [-0.05, 0) is 53.0 Å². The molecule has 0 radical (unpaired) electrons. The smallest absolute Gasteiger partial charge is 0.410 e. The number of Topliss-reactive ketones (excluding diaryl/α,β-unsaturated/α-hetero) is 1. The molecule has 1 amide bonds. The van der Waals surface area contributed by atoms with Gasteiger partial charge in [-0.2, -0.15) is 0 Å². The van der Waals surface area contributed by atoms with Crippen LogP contribution in [0.2, 0.25) is 0 Å². The molecule has 2 heterocycles. The molecule has 0 aromatic carbocycles. The van der Waals surface area contributed by atoms with E-state index in [1.165, 1.54) is 0 Å². The van der Waals surface area contributed by atoms with E-state index < -0.39 is 23.2 Å². The Morgan fingerprint density at radius 3 is 2.45 bits per heavy atom. The van der Waals surface area contributed by atoms with E-state index in [2.05, 4.69) is 11.5 Å².